The van der Waals surface area contributed by atoms with E-state index in [0.717, 1.165) is 16.8 Å². The standard InChI is InChI=1S/C24H28Cl2N4/c1-17(2)27-24(28-18(3)4)30-29-23(15-9-19-5-11-21(25)12-6-19)16-10-20-7-13-22(26)14-8-20/h5-18H,1-4H3,(H2,27,28,30)/b15-9+,16-10+. The van der Waals surface area contributed by atoms with Crippen LogP contribution in [-0.4, -0.2) is 23.8 Å². The van der Waals surface area contributed by atoms with Gasteiger partial charge in [0.05, 0.1) is 5.71 Å². The highest BCUT2D eigenvalue weighted by atomic mass is 35.5. The summed E-state index contributed by atoms with van der Waals surface area (Å²) >= 11 is 11.9. The Hall–Kier alpha value is -2.56. The van der Waals surface area contributed by atoms with Gasteiger partial charge in [-0.1, -0.05) is 59.6 Å². The molecule has 2 rings (SSSR count). The zero-order valence-electron chi connectivity index (χ0n) is 17.7. The van der Waals surface area contributed by atoms with Crippen LogP contribution in [0.5, 0.6) is 0 Å². The number of benzene rings is 2. The van der Waals surface area contributed by atoms with E-state index in [4.69, 9.17) is 23.2 Å². The predicted octanol–water partition coefficient (Wildman–Crippen LogP) is 6.43. The van der Waals surface area contributed by atoms with Gasteiger partial charge in [-0.25, -0.2) is 10.4 Å². The number of nitrogens with one attached hydrogen (secondary N) is 2. The number of hydrogen-bond acceptors (Lipinski definition) is 2. The van der Waals surface area contributed by atoms with Crippen LogP contribution in [0.4, 0.5) is 0 Å². The van der Waals surface area contributed by atoms with Gasteiger partial charge in [-0.05, 0) is 75.2 Å². The van der Waals surface area contributed by atoms with Gasteiger partial charge in [-0.3, -0.25) is 0 Å². The lowest BCUT2D eigenvalue weighted by Gasteiger charge is -2.13. The molecule has 158 valence electrons. The lowest BCUT2D eigenvalue weighted by molar-refractivity contribution is 0.692. The van der Waals surface area contributed by atoms with Crippen LogP contribution in [0.2, 0.25) is 10.0 Å². The van der Waals surface area contributed by atoms with Crippen molar-refractivity contribution in [3.05, 3.63) is 81.9 Å². The van der Waals surface area contributed by atoms with E-state index in [9.17, 15) is 0 Å². The molecule has 2 aromatic rings. The van der Waals surface area contributed by atoms with Crippen molar-refractivity contribution in [2.75, 3.05) is 0 Å². The van der Waals surface area contributed by atoms with E-state index in [1.165, 1.54) is 0 Å². The van der Waals surface area contributed by atoms with E-state index >= 15 is 0 Å². The summed E-state index contributed by atoms with van der Waals surface area (Å²) in [6.45, 7) is 8.16. The van der Waals surface area contributed by atoms with E-state index in [1.54, 1.807) is 0 Å². The summed E-state index contributed by atoms with van der Waals surface area (Å²) in [7, 11) is 0. The van der Waals surface area contributed by atoms with Crippen LogP contribution in [0.15, 0.2) is 70.8 Å². The van der Waals surface area contributed by atoms with Crippen LogP contribution in [0.1, 0.15) is 38.8 Å². The molecule has 0 aliphatic heterocycles. The molecule has 2 N–H and O–H groups in total. The van der Waals surface area contributed by atoms with Gasteiger partial charge in [0.25, 0.3) is 0 Å². The van der Waals surface area contributed by atoms with E-state index in [-0.39, 0.29) is 12.1 Å². The van der Waals surface area contributed by atoms with Crippen LogP contribution < -0.4 is 10.7 Å². The third kappa shape index (κ3) is 9.29. The molecule has 0 aliphatic carbocycles. The fraction of sp³-hybridized carbons (Fsp3) is 0.250. The molecule has 0 amide bonds. The molecule has 2 aromatic carbocycles. The molecule has 0 fully saturated rings. The summed E-state index contributed by atoms with van der Waals surface area (Å²) in [6.07, 6.45) is 7.84. The minimum atomic E-state index is 0.145. The van der Waals surface area contributed by atoms with Crippen molar-refractivity contribution in [2.45, 2.75) is 39.8 Å². The molecule has 0 atom stereocenters. The molecule has 0 bridgehead atoms. The summed E-state index contributed by atoms with van der Waals surface area (Å²) < 4.78 is 0. The first-order valence-corrected chi connectivity index (χ1v) is 10.6. The minimum Gasteiger partial charge on any atom is -0.353 e. The number of hydrogen-bond donors (Lipinski definition) is 2. The maximum Gasteiger partial charge on any atom is 0.212 e. The van der Waals surface area contributed by atoms with Crippen molar-refractivity contribution in [2.24, 2.45) is 10.1 Å². The van der Waals surface area contributed by atoms with Gasteiger partial charge in [0.15, 0.2) is 0 Å². The van der Waals surface area contributed by atoms with Gasteiger partial charge < -0.3 is 5.32 Å². The third-order valence-corrected chi connectivity index (χ3v) is 4.24. The van der Waals surface area contributed by atoms with Crippen LogP contribution in [-0.2, 0) is 0 Å². The predicted molar refractivity (Wildman–Crippen MR) is 132 cm³/mol. The van der Waals surface area contributed by atoms with Crippen molar-refractivity contribution < 1.29 is 0 Å². The molecular formula is C24H28Cl2N4. The Morgan fingerprint density at radius 2 is 1.27 bits per heavy atom. The Morgan fingerprint density at radius 1 is 0.800 bits per heavy atom. The van der Waals surface area contributed by atoms with Gasteiger partial charge >= 0.3 is 0 Å². The van der Waals surface area contributed by atoms with Crippen molar-refractivity contribution in [3.63, 3.8) is 0 Å². The Balaban J connectivity index is 2.27. The van der Waals surface area contributed by atoms with E-state index in [1.807, 2.05) is 86.7 Å². The quantitative estimate of drug-likeness (QED) is 0.294. The van der Waals surface area contributed by atoms with Crippen molar-refractivity contribution in [1.29, 1.82) is 0 Å². The summed E-state index contributed by atoms with van der Waals surface area (Å²) in [5.74, 6) is 0.636. The number of halogens is 2. The fourth-order valence-corrected chi connectivity index (χ4v) is 2.64. The van der Waals surface area contributed by atoms with Gasteiger partial charge in [-0.2, -0.15) is 5.10 Å². The number of hydrazone groups is 1. The zero-order valence-corrected chi connectivity index (χ0v) is 19.2. The monoisotopic (exact) mass is 442 g/mol. The SMILES string of the molecule is CC(C)N=C(NN=C(/C=C/c1ccc(Cl)cc1)/C=C/c1ccc(Cl)cc1)NC(C)C. The first-order valence-electron chi connectivity index (χ1n) is 9.87. The fourth-order valence-electron chi connectivity index (χ4n) is 2.39. The molecule has 4 nitrogen and oxygen atoms in total. The van der Waals surface area contributed by atoms with Crippen molar-refractivity contribution in [1.82, 2.24) is 10.7 Å². The molecule has 0 aliphatic rings. The van der Waals surface area contributed by atoms with Crippen LogP contribution in [0, 0.1) is 0 Å². The van der Waals surface area contributed by atoms with Gasteiger partial charge in [-0.15, -0.1) is 0 Å². The van der Waals surface area contributed by atoms with Gasteiger partial charge in [0.1, 0.15) is 0 Å². The lowest BCUT2D eigenvalue weighted by atomic mass is 10.1. The maximum atomic E-state index is 5.97. The lowest BCUT2D eigenvalue weighted by Crippen LogP contribution is -2.39. The summed E-state index contributed by atoms with van der Waals surface area (Å²) in [6, 6.07) is 15.7. The van der Waals surface area contributed by atoms with E-state index < -0.39 is 0 Å². The number of guanidine groups is 1. The number of nitrogens with zero attached hydrogens (tertiary/aromatic N) is 2. The van der Waals surface area contributed by atoms with Gasteiger partial charge in [0, 0.05) is 22.1 Å². The molecule has 0 radical (unpaired) electrons. The first-order chi connectivity index (χ1) is 14.3. The second kappa shape index (κ2) is 12.2. The highest BCUT2D eigenvalue weighted by Gasteiger charge is 2.02. The topological polar surface area (TPSA) is 48.8 Å². The van der Waals surface area contributed by atoms with Crippen molar-refractivity contribution >= 4 is 47.0 Å². The van der Waals surface area contributed by atoms with Crippen LogP contribution >= 0.6 is 23.2 Å². The molecule has 6 heteroatoms. The molecule has 0 saturated carbocycles. The molecule has 0 heterocycles. The smallest absolute Gasteiger partial charge is 0.212 e. The minimum absolute atomic E-state index is 0.145. The Kier molecular flexibility index (Phi) is 9.65. The summed E-state index contributed by atoms with van der Waals surface area (Å²) in [5, 5.41) is 9.24. The number of allylic oxidation sites excluding steroid dienone is 2. The normalized spacial score (nSPS) is 12.2. The van der Waals surface area contributed by atoms with Gasteiger partial charge in [0.2, 0.25) is 5.96 Å². The molecular weight excluding hydrogens is 415 g/mol. The zero-order chi connectivity index (χ0) is 21.9. The highest BCUT2D eigenvalue weighted by Crippen LogP contribution is 2.12. The van der Waals surface area contributed by atoms with E-state index in [0.29, 0.717) is 16.0 Å². The van der Waals surface area contributed by atoms with Crippen LogP contribution in [0.3, 0.4) is 0 Å². The first kappa shape index (κ1) is 23.7. The number of rotatable bonds is 7. The average molecular weight is 443 g/mol. The van der Waals surface area contributed by atoms with Crippen LogP contribution in [0.25, 0.3) is 12.2 Å². The highest BCUT2D eigenvalue weighted by molar-refractivity contribution is 6.30. The molecule has 0 aromatic heterocycles. The maximum absolute atomic E-state index is 5.97. The summed E-state index contributed by atoms with van der Waals surface area (Å²) in [4.78, 5) is 4.55. The Morgan fingerprint density at radius 3 is 1.67 bits per heavy atom. The molecule has 0 saturated heterocycles. The Labute approximate surface area is 189 Å². The summed E-state index contributed by atoms with van der Waals surface area (Å²) in [5.41, 5.74) is 5.86. The largest absolute Gasteiger partial charge is 0.353 e. The third-order valence-electron chi connectivity index (χ3n) is 3.74. The second-order valence-corrected chi connectivity index (χ2v) is 8.16. The molecule has 30 heavy (non-hydrogen) atoms. The van der Waals surface area contributed by atoms with Crippen molar-refractivity contribution in [3.8, 4) is 0 Å². The second-order valence-electron chi connectivity index (χ2n) is 7.29. The average Bonchev–Trinajstić information content (AvgIpc) is 2.69. The van der Waals surface area contributed by atoms with E-state index in [2.05, 4.69) is 34.7 Å². The molecule has 0 unspecified atom stereocenters. The number of aliphatic imine (C=N–C) groups is 1. The molecule has 0 spiro atoms. The Bertz CT molecular complexity index is 852.